The van der Waals surface area contributed by atoms with Crippen LogP contribution in [0.5, 0.6) is 5.75 Å². The first-order chi connectivity index (χ1) is 11.9. The lowest BCUT2D eigenvalue weighted by Crippen LogP contribution is -2.35. The normalized spacial score (nSPS) is 12.0. The molecule has 0 fully saturated rings. The minimum Gasteiger partial charge on any atom is -0.492 e. The molecule has 0 aliphatic rings. The Balaban J connectivity index is 1.69. The van der Waals surface area contributed by atoms with Crippen LogP contribution in [0.2, 0.25) is 0 Å². The van der Waals surface area contributed by atoms with Gasteiger partial charge in [-0.05, 0) is 35.2 Å². The predicted octanol–water partition coefficient (Wildman–Crippen LogP) is 2.90. The summed E-state index contributed by atoms with van der Waals surface area (Å²) in [6.07, 6.45) is 2.56. The highest BCUT2D eigenvalue weighted by Crippen LogP contribution is 2.25. The minimum absolute atomic E-state index is 0.113. The maximum absolute atomic E-state index is 5.86. The van der Waals surface area contributed by atoms with E-state index in [-0.39, 0.29) is 5.41 Å². The van der Waals surface area contributed by atoms with Gasteiger partial charge in [0.1, 0.15) is 12.4 Å². The van der Waals surface area contributed by atoms with E-state index in [4.69, 9.17) is 10.5 Å². The van der Waals surface area contributed by atoms with Crippen molar-refractivity contribution < 1.29 is 4.74 Å². The zero-order chi connectivity index (χ0) is 18.1. The van der Waals surface area contributed by atoms with Crippen molar-refractivity contribution in [3.8, 4) is 5.75 Å². The predicted molar refractivity (Wildman–Crippen MR) is 103 cm³/mol. The van der Waals surface area contributed by atoms with Crippen LogP contribution in [0, 0.1) is 0 Å². The van der Waals surface area contributed by atoms with E-state index < -0.39 is 0 Å². The quantitative estimate of drug-likeness (QED) is 0.462. The van der Waals surface area contributed by atoms with E-state index in [1.54, 1.807) is 6.20 Å². The number of guanidine groups is 1. The zero-order valence-electron chi connectivity index (χ0n) is 15.3. The molecule has 0 atom stereocenters. The zero-order valence-corrected chi connectivity index (χ0v) is 15.3. The van der Waals surface area contributed by atoms with E-state index in [1.165, 1.54) is 5.56 Å². The number of nitrogens with zero attached hydrogens (tertiary/aromatic N) is 2. The van der Waals surface area contributed by atoms with Crippen molar-refractivity contribution in [1.29, 1.82) is 0 Å². The molecule has 0 aliphatic heterocycles. The van der Waals surface area contributed by atoms with Gasteiger partial charge in [-0.1, -0.05) is 39.0 Å². The summed E-state index contributed by atoms with van der Waals surface area (Å²) in [5, 5.41) is 3.07. The van der Waals surface area contributed by atoms with E-state index in [0.717, 1.165) is 17.9 Å². The summed E-state index contributed by atoms with van der Waals surface area (Å²) >= 11 is 0. The monoisotopic (exact) mass is 340 g/mol. The third kappa shape index (κ3) is 6.83. The molecule has 25 heavy (non-hydrogen) atoms. The van der Waals surface area contributed by atoms with Crippen molar-refractivity contribution in [3.05, 3.63) is 59.9 Å². The maximum Gasteiger partial charge on any atom is 0.188 e. The van der Waals surface area contributed by atoms with Crippen molar-refractivity contribution >= 4 is 5.96 Å². The summed E-state index contributed by atoms with van der Waals surface area (Å²) in [5.41, 5.74) is 8.25. The van der Waals surface area contributed by atoms with Gasteiger partial charge in [0.05, 0.1) is 6.54 Å². The average molecular weight is 340 g/mol. The van der Waals surface area contributed by atoms with Crippen molar-refractivity contribution in [2.45, 2.75) is 32.6 Å². The van der Waals surface area contributed by atoms with Gasteiger partial charge in [0.15, 0.2) is 5.96 Å². The first-order valence-electron chi connectivity index (χ1n) is 8.62. The van der Waals surface area contributed by atoms with Gasteiger partial charge < -0.3 is 15.8 Å². The first kappa shape index (κ1) is 18.8. The van der Waals surface area contributed by atoms with E-state index in [1.807, 2.05) is 30.3 Å². The van der Waals surface area contributed by atoms with Crippen molar-refractivity contribution in [3.63, 3.8) is 0 Å². The Bertz CT molecular complexity index is 678. The number of hydrogen-bond acceptors (Lipinski definition) is 3. The molecular formula is C20H28N4O. The highest BCUT2D eigenvalue weighted by molar-refractivity contribution is 5.77. The van der Waals surface area contributed by atoms with Gasteiger partial charge in [-0.25, -0.2) is 0 Å². The van der Waals surface area contributed by atoms with E-state index >= 15 is 0 Å². The topological polar surface area (TPSA) is 72.5 Å². The van der Waals surface area contributed by atoms with Crippen molar-refractivity contribution in [2.24, 2.45) is 10.7 Å². The van der Waals surface area contributed by atoms with Gasteiger partial charge in [-0.2, -0.15) is 0 Å². The van der Waals surface area contributed by atoms with Crippen LogP contribution in [0.15, 0.2) is 53.7 Å². The molecule has 2 rings (SSSR count). The van der Waals surface area contributed by atoms with Crippen LogP contribution in [-0.4, -0.2) is 30.6 Å². The van der Waals surface area contributed by atoms with Crippen LogP contribution in [0.3, 0.4) is 0 Å². The molecule has 3 N–H and O–H groups in total. The number of nitrogens with one attached hydrogen (secondary N) is 1. The molecular weight excluding hydrogens is 312 g/mol. The number of pyridine rings is 1. The number of aromatic nitrogens is 1. The molecule has 134 valence electrons. The van der Waals surface area contributed by atoms with Crippen LogP contribution in [-0.2, 0) is 11.8 Å². The Hall–Kier alpha value is -2.56. The molecule has 0 spiro atoms. The van der Waals surface area contributed by atoms with Gasteiger partial charge in [0, 0.05) is 24.9 Å². The second-order valence-electron chi connectivity index (χ2n) is 6.89. The molecule has 0 radical (unpaired) electrons. The first-order valence-corrected chi connectivity index (χ1v) is 8.62. The van der Waals surface area contributed by atoms with Crippen molar-refractivity contribution in [2.75, 3.05) is 19.7 Å². The Morgan fingerprint density at radius 1 is 1.20 bits per heavy atom. The lowest BCUT2D eigenvalue weighted by Gasteiger charge is -2.19. The average Bonchev–Trinajstić information content (AvgIpc) is 2.59. The molecule has 0 saturated carbocycles. The Labute approximate surface area is 150 Å². The third-order valence-electron chi connectivity index (χ3n) is 3.75. The number of benzene rings is 1. The summed E-state index contributed by atoms with van der Waals surface area (Å²) in [7, 11) is 0. The lowest BCUT2D eigenvalue weighted by molar-refractivity contribution is 0.321. The van der Waals surface area contributed by atoms with Gasteiger partial charge in [0.2, 0.25) is 0 Å². The van der Waals surface area contributed by atoms with Crippen LogP contribution < -0.4 is 15.8 Å². The largest absolute Gasteiger partial charge is 0.492 e. The molecule has 1 aromatic heterocycles. The molecule has 5 nitrogen and oxygen atoms in total. The number of aliphatic imine (C=N–C) groups is 1. The molecule has 0 amide bonds. The Morgan fingerprint density at radius 3 is 2.76 bits per heavy atom. The van der Waals surface area contributed by atoms with Crippen molar-refractivity contribution in [1.82, 2.24) is 10.3 Å². The summed E-state index contributed by atoms with van der Waals surface area (Å²) in [5.74, 6) is 1.31. The van der Waals surface area contributed by atoms with Gasteiger partial charge in [0.25, 0.3) is 0 Å². The molecule has 5 heteroatoms. The summed E-state index contributed by atoms with van der Waals surface area (Å²) < 4.78 is 5.78. The number of nitrogens with two attached hydrogens (primary N) is 1. The minimum atomic E-state index is 0.113. The summed E-state index contributed by atoms with van der Waals surface area (Å²) in [6, 6.07) is 14.1. The second-order valence-corrected chi connectivity index (χ2v) is 6.89. The van der Waals surface area contributed by atoms with Crippen LogP contribution in [0.4, 0.5) is 0 Å². The molecule has 0 aliphatic carbocycles. The second kappa shape index (κ2) is 9.06. The highest BCUT2D eigenvalue weighted by atomic mass is 16.5. The third-order valence-corrected chi connectivity index (χ3v) is 3.75. The van der Waals surface area contributed by atoms with Gasteiger partial charge >= 0.3 is 0 Å². The van der Waals surface area contributed by atoms with E-state index in [9.17, 15) is 0 Å². The molecule has 2 aromatic rings. The molecule has 1 aromatic carbocycles. The maximum atomic E-state index is 5.86. The molecule has 0 saturated heterocycles. The standard InChI is InChI=1S/C20H28N4O/c1-20(2,3)16-7-6-9-18(15-16)25-14-13-24-19(21)23-12-10-17-8-4-5-11-22-17/h4-9,11,15H,10,12-14H2,1-3H3,(H3,21,23,24). The summed E-state index contributed by atoms with van der Waals surface area (Å²) in [4.78, 5) is 8.56. The number of hydrogen-bond donors (Lipinski definition) is 2. The summed E-state index contributed by atoms with van der Waals surface area (Å²) in [6.45, 7) is 8.33. The van der Waals surface area contributed by atoms with E-state index in [2.05, 4.69) is 48.2 Å². The fourth-order valence-corrected chi connectivity index (χ4v) is 2.29. The molecule has 1 heterocycles. The molecule has 0 bridgehead atoms. The fourth-order valence-electron chi connectivity index (χ4n) is 2.29. The van der Waals surface area contributed by atoms with Crippen LogP contribution in [0.25, 0.3) is 0 Å². The van der Waals surface area contributed by atoms with Crippen LogP contribution in [0.1, 0.15) is 32.0 Å². The SMILES string of the molecule is CC(C)(C)c1cccc(OCCNC(N)=NCCc2ccccn2)c1. The Morgan fingerprint density at radius 2 is 2.04 bits per heavy atom. The van der Waals surface area contributed by atoms with E-state index in [0.29, 0.717) is 25.7 Å². The van der Waals surface area contributed by atoms with Crippen LogP contribution >= 0.6 is 0 Å². The van der Waals surface area contributed by atoms with Gasteiger partial charge in [-0.3, -0.25) is 9.98 Å². The lowest BCUT2D eigenvalue weighted by atomic mass is 9.87. The Kier molecular flexibility index (Phi) is 6.81. The fraction of sp³-hybridized carbons (Fsp3) is 0.400. The van der Waals surface area contributed by atoms with Gasteiger partial charge in [-0.15, -0.1) is 0 Å². The number of ether oxygens (including phenoxy) is 1. The number of rotatable bonds is 7. The smallest absolute Gasteiger partial charge is 0.188 e. The molecule has 0 unspecified atom stereocenters. The highest BCUT2D eigenvalue weighted by Gasteiger charge is 2.13.